The van der Waals surface area contributed by atoms with Gasteiger partial charge in [-0.25, -0.2) is 0 Å². The fraction of sp³-hybridized carbons (Fsp3) is 0.353. The molecule has 1 aromatic carbocycles. The van der Waals surface area contributed by atoms with Gasteiger partial charge in [-0.1, -0.05) is 12.1 Å². The monoisotopic (exact) mass is 300 g/mol. The van der Waals surface area contributed by atoms with Crippen LogP contribution >= 0.6 is 11.3 Å². The number of hydrogen-bond donors (Lipinski definition) is 0. The van der Waals surface area contributed by atoms with E-state index in [-0.39, 0.29) is 5.91 Å². The van der Waals surface area contributed by atoms with Crippen molar-refractivity contribution in [2.45, 2.75) is 13.8 Å². The Morgan fingerprint density at radius 3 is 2.43 bits per heavy atom. The zero-order chi connectivity index (χ0) is 14.8. The molecule has 4 heteroatoms. The van der Waals surface area contributed by atoms with Gasteiger partial charge in [0.05, 0.1) is 4.88 Å². The maximum absolute atomic E-state index is 12.4. The Labute approximate surface area is 129 Å². The molecule has 0 atom stereocenters. The van der Waals surface area contributed by atoms with Crippen LogP contribution in [0.4, 0.5) is 5.69 Å². The van der Waals surface area contributed by atoms with Gasteiger partial charge in [0.15, 0.2) is 0 Å². The summed E-state index contributed by atoms with van der Waals surface area (Å²) < 4.78 is 0. The number of aryl methyl sites for hydroxylation is 2. The van der Waals surface area contributed by atoms with E-state index in [4.69, 9.17) is 0 Å². The third-order valence-corrected chi connectivity index (χ3v) is 4.87. The molecule has 1 aliphatic rings. The van der Waals surface area contributed by atoms with Gasteiger partial charge in [0.1, 0.15) is 0 Å². The number of rotatable bonds is 2. The summed E-state index contributed by atoms with van der Waals surface area (Å²) in [6, 6.07) is 12.5. The van der Waals surface area contributed by atoms with E-state index in [2.05, 4.69) is 36.1 Å². The van der Waals surface area contributed by atoms with E-state index in [0.29, 0.717) is 0 Å². The summed E-state index contributed by atoms with van der Waals surface area (Å²) in [6.45, 7) is 7.55. The van der Waals surface area contributed by atoms with E-state index in [1.165, 1.54) is 16.1 Å². The maximum atomic E-state index is 12.4. The molecule has 0 N–H and O–H groups in total. The fourth-order valence-electron chi connectivity index (χ4n) is 2.70. The summed E-state index contributed by atoms with van der Waals surface area (Å²) in [7, 11) is 0. The Bertz CT molecular complexity index is 642. The van der Waals surface area contributed by atoms with Crippen LogP contribution in [0.15, 0.2) is 36.4 Å². The molecule has 3 nitrogen and oxygen atoms in total. The normalized spacial score (nSPS) is 15.3. The molecule has 21 heavy (non-hydrogen) atoms. The standard InChI is InChI=1S/C17H20N2OS/c1-13-4-3-5-15(12-13)18-8-10-19(11-9-18)17(20)16-7-6-14(2)21-16/h3-7,12H,8-11H2,1-2H3. The minimum atomic E-state index is 0.178. The van der Waals surface area contributed by atoms with Crippen molar-refractivity contribution in [3.8, 4) is 0 Å². The Balaban J connectivity index is 1.64. The molecule has 1 saturated heterocycles. The van der Waals surface area contributed by atoms with Gasteiger partial charge in [-0.15, -0.1) is 11.3 Å². The lowest BCUT2D eigenvalue weighted by Crippen LogP contribution is -2.48. The molecule has 1 aromatic heterocycles. The van der Waals surface area contributed by atoms with Crippen LogP contribution in [-0.4, -0.2) is 37.0 Å². The van der Waals surface area contributed by atoms with Crippen LogP contribution in [-0.2, 0) is 0 Å². The van der Waals surface area contributed by atoms with Crippen molar-refractivity contribution in [1.29, 1.82) is 0 Å². The number of hydrogen-bond acceptors (Lipinski definition) is 3. The van der Waals surface area contributed by atoms with Crippen molar-refractivity contribution in [3.63, 3.8) is 0 Å². The maximum Gasteiger partial charge on any atom is 0.264 e. The number of anilines is 1. The van der Waals surface area contributed by atoms with Crippen molar-refractivity contribution in [2.75, 3.05) is 31.1 Å². The third-order valence-electron chi connectivity index (χ3n) is 3.88. The van der Waals surface area contributed by atoms with Crippen LogP contribution in [0.3, 0.4) is 0 Å². The summed E-state index contributed by atoms with van der Waals surface area (Å²) in [5, 5.41) is 0. The van der Waals surface area contributed by atoms with Crippen LogP contribution in [0.5, 0.6) is 0 Å². The molecule has 1 fully saturated rings. The number of carbonyl (C=O) groups excluding carboxylic acids is 1. The van der Waals surface area contributed by atoms with E-state index in [1.807, 2.05) is 24.0 Å². The fourth-order valence-corrected chi connectivity index (χ4v) is 3.53. The third kappa shape index (κ3) is 3.10. The zero-order valence-corrected chi connectivity index (χ0v) is 13.3. The number of benzene rings is 1. The highest BCUT2D eigenvalue weighted by Gasteiger charge is 2.23. The summed E-state index contributed by atoms with van der Waals surface area (Å²) in [5.41, 5.74) is 2.54. The van der Waals surface area contributed by atoms with Gasteiger partial charge < -0.3 is 9.80 Å². The molecule has 110 valence electrons. The van der Waals surface area contributed by atoms with Gasteiger partial charge in [0.25, 0.3) is 5.91 Å². The van der Waals surface area contributed by atoms with Crippen molar-refractivity contribution in [2.24, 2.45) is 0 Å². The first kappa shape index (κ1) is 14.1. The van der Waals surface area contributed by atoms with E-state index in [9.17, 15) is 4.79 Å². The largest absolute Gasteiger partial charge is 0.368 e. The van der Waals surface area contributed by atoms with E-state index in [0.717, 1.165) is 31.1 Å². The molecule has 2 heterocycles. The number of amides is 1. The summed E-state index contributed by atoms with van der Waals surface area (Å²) >= 11 is 1.58. The molecule has 0 bridgehead atoms. The molecule has 0 aliphatic carbocycles. The summed E-state index contributed by atoms with van der Waals surface area (Å²) in [6.07, 6.45) is 0. The minimum Gasteiger partial charge on any atom is -0.368 e. The molecule has 1 aliphatic heterocycles. The highest BCUT2D eigenvalue weighted by Crippen LogP contribution is 2.21. The van der Waals surface area contributed by atoms with Crippen LogP contribution in [0.25, 0.3) is 0 Å². The topological polar surface area (TPSA) is 23.6 Å². The van der Waals surface area contributed by atoms with Gasteiger partial charge >= 0.3 is 0 Å². The lowest BCUT2D eigenvalue weighted by Gasteiger charge is -2.36. The highest BCUT2D eigenvalue weighted by molar-refractivity contribution is 7.13. The van der Waals surface area contributed by atoms with Crippen molar-refractivity contribution < 1.29 is 4.79 Å². The lowest BCUT2D eigenvalue weighted by molar-refractivity contribution is 0.0751. The van der Waals surface area contributed by atoms with Crippen molar-refractivity contribution in [3.05, 3.63) is 51.7 Å². The molecule has 0 spiro atoms. The Morgan fingerprint density at radius 1 is 1.05 bits per heavy atom. The molecule has 1 amide bonds. The molecule has 0 saturated carbocycles. The quantitative estimate of drug-likeness (QED) is 0.849. The second-order valence-electron chi connectivity index (χ2n) is 5.53. The average molecular weight is 300 g/mol. The predicted octanol–water partition coefficient (Wildman–Crippen LogP) is 3.33. The molecule has 0 radical (unpaired) electrons. The zero-order valence-electron chi connectivity index (χ0n) is 12.5. The first-order valence-electron chi connectivity index (χ1n) is 7.31. The van der Waals surface area contributed by atoms with E-state index >= 15 is 0 Å². The predicted molar refractivity (Wildman–Crippen MR) is 88.4 cm³/mol. The van der Waals surface area contributed by atoms with E-state index in [1.54, 1.807) is 11.3 Å². The molecular formula is C17H20N2OS. The Morgan fingerprint density at radius 2 is 1.81 bits per heavy atom. The second-order valence-corrected chi connectivity index (χ2v) is 6.82. The number of piperazine rings is 1. The lowest BCUT2D eigenvalue weighted by atomic mass is 10.2. The van der Waals surface area contributed by atoms with Gasteiger partial charge in [0, 0.05) is 36.7 Å². The van der Waals surface area contributed by atoms with Gasteiger partial charge in [-0.3, -0.25) is 4.79 Å². The van der Waals surface area contributed by atoms with Gasteiger partial charge in [-0.2, -0.15) is 0 Å². The number of carbonyl (C=O) groups is 1. The van der Waals surface area contributed by atoms with Crippen molar-refractivity contribution >= 4 is 22.9 Å². The molecule has 2 aromatic rings. The summed E-state index contributed by atoms with van der Waals surface area (Å²) in [5.74, 6) is 0.178. The first-order chi connectivity index (χ1) is 10.1. The number of thiophene rings is 1. The molecule has 0 unspecified atom stereocenters. The molecular weight excluding hydrogens is 280 g/mol. The van der Waals surface area contributed by atoms with Crippen LogP contribution in [0, 0.1) is 13.8 Å². The summed E-state index contributed by atoms with van der Waals surface area (Å²) in [4.78, 5) is 18.8. The Hall–Kier alpha value is -1.81. The van der Waals surface area contributed by atoms with Crippen LogP contribution < -0.4 is 4.90 Å². The van der Waals surface area contributed by atoms with E-state index < -0.39 is 0 Å². The van der Waals surface area contributed by atoms with Gasteiger partial charge in [-0.05, 0) is 43.7 Å². The van der Waals surface area contributed by atoms with Crippen LogP contribution in [0.2, 0.25) is 0 Å². The smallest absolute Gasteiger partial charge is 0.264 e. The Kier molecular flexibility index (Phi) is 3.97. The van der Waals surface area contributed by atoms with Crippen LogP contribution in [0.1, 0.15) is 20.1 Å². The first-order valence-corrected chi connectivity index (χ1v) is 8.12. The SMILES string of the molecule is Cc1cccc(N2CCN(C(=O)c3ccc(C)s3)CC2)c1. The molecule has 3 rings (SSSR count). The highest BCUT2D eigenvalue weighted by atomic mass is 32.1. The van der Waals surface area contributed by atoms with Gasteiger partial charge in [0.2, 0.25) is 0 Å². The number of nitrogens with zero attached hydrogens (tertiary/aromatic N) is 2. The average Bonchev–Trinajstić information content (AvgIpc) is 2.93. The second kappa shape index (κ2) is 5.90. The minimum absolute atomic E-state index is 0.178. The van der Waals surface area contributed by atoms with Crippen molar-refractivity contribution in [1.82, 2.24) is 4.90 Å².